The molecule has 0 unspecified atom stereocenters. The molecule has 2 atom stereocenters. The third kappa shape index (κ3) is 4.81. The number of hydrogen-bond acceptors (Lipinski definition) is 5. The van der Waals surface area contributed by atoms with Gasteiger partial charge in [0, 0.05) is 31.6 Å². The molecule has 1 amide bonds. The number of carbonyl (C=O) groups excluding carboxylic acids is 1. The maximum Gasteiger partial charge on any atom is 0.261 e. The van der Waals surface area contributed by atoms with Gasteiger partial charge in [-0.2, -0.15) is 0 Å². The molecular formula is C26H27N3O5S. The Kier molecular flexibility index (Phi) is 6.10. The zero-order chi connectivity index (χ0) is 24.6. The van der Waals surface area contributed by atoms with Crippen LogP contribution in [-0.4, -0.2) is 43.5 Å². The summed E-state index contributed by atoms with van der Waals surface area (Å²) in [6.07, 6.45) is 0.784. The lowest BCUT2D eigenvalue weighted by Gasteiger charge is -2.43. The Balaban J connectivity index is 1.39. The molecule has 2 bridgehead atoms. The number of anilines is 1. The van der Waals surface area contributed by atoms with Gasteiger partial charge < -0.3 is 14.2 Å². The van der Waals surface area contributed by atoms with Gasteiger partial charge in [-0.3, -0.25) is 14.3 Å². The number of benzene rings is 2. The molecule has 3 heterocycles. The molecule has 5 rings (SSSR count). The van der Waals surface area contributed by atoms with Gasteiger partial charge in [0.15, 0.2) is 6.61 Å². The Bertz CT molecular complexity index is 1400. The van der Waals surface area contributed by atoms with E-state index < -0.39 is 10.0 Å². The van der Waals surface area contributed by atoms with Gasteiger partial charge in [0.1, 0.15) is 5.75 Å². The lowest BCUT2D eigenvalue weighted by Crippen LogP contribution is -2.50. The number of para-hydroxylation sites is 1. The maximum atomic E-state index is 13.1. The monoisotopic (exact) mass is 493 g/mol. The Labute approximate surface area is 204 Å². The van der Waals surface area contributed by atoms with Crippen LogP contribution in [0.15, 0.2) is 76.4 Å². The van der Waals surface area contributed by atoms with Crippen molar-refractivity contribution in [3.63, 3.8) is 0 Å². The molecule has 0 saturated carbocycles. The van der Waals surface area contributed by atoms with Gasteiger partial charge in [-0.15, -0.1) is 0 Å². The van der Waals surface area contributed by atoms with E-state index in [0.717, 1.165) is 12.0 Å². The number of amides is 1. The molecule has 1 saturated heterocycles. The number of ether oxygens (including phenoxy) is 1. The number of aromatic nitrogens is 1. The molecule has 2 aromatic carbocycles. The van der Waals surface area contributed by atoms with Gasteiger partial charge >= 0.3 is 0 Å². The average Bonchev–Trinajstić information content (AvgIpc) is 2.85. The van der Waals surface area contributed by atoms with Crippen molar-refractivity contribution in [1.82, 2.24) is 9.47 Å². The lowest BCUT2D eigenvalue weighted by molar-refractivity contribution is -0.136. The van der Waals surface area contributed by atoms with Crippen molar-refractivity contribution in [2.24, 2.45) is 5.92 Å². The van der Waals surface area contributed by atoms with Crippen LogP contribution < -0.4 is 15.0 Å². The number of nitrogens with zero attached hydrogens (tertiary/aromatic N) is 2. The van der Waals surface area contributed by atoms with E-state index in [0.29, 0.717) is 36.8 Å². The number of rotatable bonds is 6. The van der Waals surface area contributed by atoms with Crippen LogP contribution in [0.1, 0.15) is 23.6 Å². The van der Waals surface area contributed by atoms with Crippen molar-refractivity contribution in [3.8, 4) is 5.75 Å². The second-order valence-corrected chi connectivity index (χ2v) is 10.9. The van der Waals surface area contributed by atoms with Gasteiger partial charge in [0.05, 0.1) is 16.3 Å². The average molecular weight is 494 g/mol. The minimum absolute atomic E-state index is 0.0715. The first-order valence-corrected chi connectivity index (χ1v) is 13.1. The van der Waals surface area contributed by atoms with Crippen molar-refractivity contribution in [3.05, 3.63) is 88.3 Å². The molecule has 0 radical (unpaired) electrons. The summed E-state index contributed by atoms with van der Waals surface area (Å²) < 4.78 is 36.1. The van der Waals surface area contributed by atoms with E-state index in [9.17, 15) is 18.0 Å². The number of likely N-dealkylation sites (tertiary alicyclic amines) is 1. The minimum Gasteiger partial charge on any atom is -0.484 e. The van der Waals surface area contributed by atoms with E-state index in [1.54, 1.807) is 45.9 Å². The number of pyridine rings is 1. The number of piperidine rings is 1. The summed E-state index contributed by atoms with van der Waals surface area (Å²) in [6, 6.07) is 18.7. The van der Waals surface area contributed by atoms with Gasteiger partial charge in [-0.25, -0.2) is 8.42 Å². The van der Waals surface area contributed by atoms with Crippen molar-refractivity contribution >= 4 is 21.6 Å². The molecular weight excluding hydrogens is 466 g/mol. The summed E-state index contributed by atoms with van der Waals surface area (Å²) in [5.74, 6) is 0.455. The quantitative estimate of drug-likeness (QED) is 0.569. The van der Waals surface area contributed by atoms with Crippen molar-refractivity contribution < 1.29 is 17.9 Å². The van der Waals surface area contributed by atoms with Gasteiger partial charge in [0.2, 0.25) is 0 Å². The zero-order valence-corrected chi connectivity index (χ0v) is 20.2. The maximum absolute atomic E-state index is 13.1. The molecule has 2 aliphatic rings. The van der Waals surface area contributed by atoms with Crippen LogP contribution in [0.5, 0.6) is 5.75 Å². The fourth-order valence-corrected chi connectivity index (χ4v) is 6.05. The Hall–Kier alpha value is -3.59. The third-order valence-corrected chi connectivity index (χ3v) is 8.01. The lowest BCUT2D eigenvalue weighted by atomic mass is 9.82. The number of aryl methyl sites for hydroxylation is 1. The minimum atomic E-state index is -3.84. The summed E-state index contributed by atoms with van der Waals surface area (Å²) in [5, 5.41) is 0. The molecule has 1 fully saturated rings. The topological polar surface area (TPSA) is 97.7 Å². The van der Waals surface area contributed by atoms with Crippen LogP contribution in [0.3, 0.4) is 0 Å². The number of hydrogen-bond donors (Lipinski definition) is 1. The van der Waals surface area contributed by atoms with Gasteiger partial charge in [-0.1, -0.05) is 35.9 Å². The van der Waals surface area contributed by atoms with Crippen molar-refractivity contribution in [1.29, 1.82) is 0 Å². The van der Waals surface area contributed by atoms with E-state index in [-0.39, 0.29) is 34.8 Å². The predicted molar refractivity (Wildman–Crippen MR) is 132 cm³/mol. The Morgan fingerprint density at radius 3 is 2.49 bits per heavy atom. The highest BCUT2D eigenvalue weighted by Crippen LogP contribution is 2.39. The third-order valence-electron chi connectivity index (χ3n) is 6.62. The van der Waals surface area contributed by atoms with E-state index >= 15 is 0 Å². The molecule has 8 nitrogen and oxygen atoms in total. The Morgan fingerprint density at radius 1 is 1.00 bits per heavy atom. The smallest absolute Gasteiger partial charge is 0.261 e. The van der Waals surface area contributed by atoms with Crippen LogP contribution in [0.4, 0.5) is 5.69 Å². The summed E-state index contributed by atoms with van der Waals surface area (Å²) in [7, 11) is -3.84. The zero-order valence-electron chi connectivity index (χ0n) is 19.4. The largest absolute Gasteiger partial charge is 0.484 e. The molecule has 2 aliphatic heterocycles. The summed E-state index contributed by atoms with van der Waals surface area (Å²) in [6.45, 7) is 3.20. The number of carbonyl (C=O) groups is 1. The van der Waals surface area contributed by atoms with E-state index in [1.807, 2.05) is 25.1 Å². The first-order chi connectivity index (χ1) is 16.8. The number of fused-ring (bicyclic) bond motifs is 4. The summed E-state index contributed by atoms with van der Waals surface area (Å²) in [4.78, 5) is 27.5. The van der Waals surface area contributed by atoms with Crippen LogP contribution in [0, 0.1) is 12.8 Å². The van der Waals surface area contributed by atoms with Gasteiger partial charge in [0.25, 0.3) is 21.5 Å². The molecule has 0 aliphatic carbocycles. The highest BCUT2D eigenvalue weighted by molar-refractivity contribution is 7.92. The van der Waals surface area contributed by atoms with E-state index in [1.165, 1.54) is 12.1 Å². The SMILES string of the molecule is Cc1ccc(S(=O)(=O)Nc2ccc(=O)n3c2[C@@H]2C[C@@H](CN(C(=O)COc4ccccc4)C2)C3)cc1. The summed E-state index contributed by atoms with van der Waals surface area (Å²) in [5.41, 5.74) is 1.80. The molecule has 35 heavy (non-hydrogen) atoms. The normalized spacial score (nSPS) is 19.1. The predicted octanol–water partition coefficient (Wildman–Crippen LogP) is 2.98. The summed E-state index contributed by atoms with van der Waals surface area (Å²) >= 11 is 0. The first-order valence-electron chi connectivity index (χ1n) is 11.6. The fourth-order valence-electron chi connectivity index (χ4n) is 4.98. The molecule has 182 valence electrons. The van der Waals surface area contributed by atoms with E-state index in [4.69, 9.17) is 4.74 Å². The van der Waals surface area contributed by atoms with Crippen LogP contribution >= 0.6 is 0 Å². The van der Waals surface area contributed by atoms with Crippen LogP contribution in [0.2, 0.25) is 0 Å². The molecule has 3 aromatic rings. The van der Waals surface area contributed by atoms with Crippen molar-refractivity contribution in [2.75, 3.05) is 24.4 Å². The molecule has 9 heteroatoms. The number of nitrogens with one attached hydrogen (secondary N) is 1. The first kappa shape index (κ1) is 23.2. The van der Waals surface area contributed by atoms with Crippen LogP contribution in [-0.2, 0) is 21.4 Å². The van der Waals surface area contributed by atoms with Crippen molar-refractivity contribution in [2.45, 2.75) is 30.7 Å². The molecule has 0 spiro atoms. The second kappa shape index (κ2) is 9.22. The fraction of sp³-hybridized carbons (Fsp3) is 0.308. The number of sulfonamides is 1. The highest BCUT2D eigenvalue weighted by atomic mass is 32.2. The standard InChI is InChI=1S/C26H27N3O5S/c1-18-7-9-22(10-8-18)35(32,33)27-23-11-12-24(30)29-15-19-13-20(26(23)29)16-28(14-19)25(31)17-34-21-5-3-2-4-6-21/h2-12,19-20,27H,13-17H2,1H3/t19-,20+/m0/s1. The highest BCUT2D eigenvalue weighted by Gasteiger charge is 2.38. The van der Waals surface area contributed by atoms with E-state index in [2.05, 4.69) is 4.72 Å². The second-order valence-electron chi connectivity index (χ2n) is 9.20. The molecule has 1 aromatic heterocycles. The van der Waals surface area contributed by atoms with Crippen LogP contribution in [0.25, 0.3) is 0 Å². The Morgan fingerprint density at radius 2 is 1.74 bits per heavy atom. The molecule has 1 N–H and O–H groups in total. The van der Waals surface area contributed by atoms with Gasteiger partial charge in [-0.05, 0) is 49.6 Å².